The molecule has 0 heterocycles. The molecule has 0 saturated heterocycles. The smallest absolute Gasteiger partial charge is 0.409 e. The summed E-state index contributed by atoms with van der Waals surface area (Å²) in [6.07, 6.45) is 7.96. The standard InChI is InChI=1S/C18H25O4P/c1-18(2)13-12-17(22-23(19,20-3)21-4)14-16(18)11-10-15-8-6-5-7-9-15/h5-11,14,16H,12-13H2,1-4H3/b11-10-. The van der Waals surface area contributed by atoms with Crippen LogP contribution in [0.2, 0.25) is 0 Å². The van der Waals surface area contributed by atoms with Gasteiger partial charge in [0.25, 0.3) is 0 Å². The summed E-state index contributed by atoms with van der Waals surface area (Å²) in [6.45, 7) is 4.46. The normalized spacial score (nSPS) is 21.2. The topological polar surface area (TPSA) is 44.8 Å². The van der Waals surface area contributed by atoms with E-state index < -0.39 is 7.82 Å². The molecule has 5 heteroatoms. The number of rotatable bonds is 6. The van der Waals surface area contributed by atoms with Gasteiger partial charge in [-0.2, -0.15) is 0 Å². The lowest BCUT2D eigenvalue weighted by atomic mass is 9.71. The van der Waals surface area contributed by atoms with E-state index in [0.717, 1.165) is 18.4 Å². The van der Waals surface area contributed by atoms with Crippen molar-refractivity contribution in [3.8, 4) is 0 Å². The number of phosphoric acid groups is 1. The Balaban J connectivity index is 2.19. The second kappa shape index (κ2) is 7.48. The number of phosphoric ester groups is 1. The Hall–Kier alpha value is -1.35. The lowest BCUT2D eigenvalue weighted by Crippen LogP contribution is -2.25. The maximum absolute atomic E-state index is 12.1. The molecule has 1 unspecified atom stereocenters. The summed E-state index contributed by atoms with van der Waals surface area (Å²) in [4.78, 5) is 0. The summed E-state index contributed by atoms with van der Waals surface area (Å²) in [5.41, 5.74) is 1.27. The van der Waals surface area contributed by atoms with Crippen LogP contribution < -0.4 is 0 Å². The molecule has 0 amide bonds. The first-order chi connectivity index (χ1) is 10.9. The fourth-order valence-corrected chi connectivity index (χ4v) is 3.32. The summed E-state index contributed by atoms with van der Waals surface area (Å²) in [7, 11) is -0.840. The van der Waals surface area contributed by atoms with E-state index in [1.807, 2.05) is 24.3 Å². The maximum Gasteiger partial charge on any atom is 0.529 e. The molecular weight excluding hydrogens is 311 g/mol. The number of benzene rings is 1. The molecule has 1 aromatic carbocycles. The molecule has 0 aromatic heterocycles. The second-order valence-electron chi connectivity index (χ2n) is 6.32. The number of hydrogen-bond acceptors (Lipinski definition) is 4. The second-order valence-corrected chi connectivity index (χ2v) is 8.13. The molecule has 0 bridgehead atoms. The highest BCUT2D eigenvalue weighted by atomic mass is 31.2. The Bertz CT molecular complexity index is 611. The van der Waals surface area contributed by atoms with Gasteiger partial charge < -0.3 is 4.52 Å². The molecule has 0 saturated carbocycles. The lowest BCUT2D eigenvalue weighted by molar-refractivity contribution is 0.162. The Kier molecular flexibility index (Phi) is 5.85. The van der Waals surface area contributed by atoms with Crippen molar-refractivity contribution in [1.29, 1.82) is 0 Å². The predicted molar refractivity (Wildman–Crippen MR) is 92.8 cm³/mol. The van der Waals surface area contributed by atoms with Crippen molar-refractivity contribution >= 4 is 13.9 Å². The van der Waals surface area contributed by atoms with Crippen molar-refractivity contribution in [3.63, 3.8) is 0 Å². The number of hydrogen-bond donors (Lipinski definition) is 0. The van der Waals surface area contributed by atoms with Crippen LogP contribution in [0.15, 0.2) is 48.2 Å². The highest BCUT2D eigenvalue weighted by Gasteiger charge is 2.34. The minimum atomic E-state index is -3.49. The van der Waals surface area contributed by atoms with Gasteiger partial charge in [-0.25, -0.2) is 4.57 Å². The van der Waals surface area contributed by atoms with Crippen LogP contribution in [0.1, 0.15) is 32.3 Å². The molecule has 1 aliphatic carbocycles. The van der Waals surface area contributed by atoms with Crippen molar-refractivity contribution < 1.29 is 18.1 Å². The minimum absolute atomic E-state index is 0.113. The fourth-order valence-electron chi connectivity index (χ4n) is 2.58. The molecule has 0 aliphatic heterocycles. The van der Waals surface area contributed by atoms with Gasteiger partial charge in [-0.1, -0.05) is 56.3 Å². The predicted octanol–water partition coefficient (Wildman–Crippen LogP) is 5.44. The van der Waals surface area contributed by atoms with Crippen molar-refractivity contribution in [2.75, 3.05) is 14.2 Å². The highest BCUT2D eigenvalue weighted by molar-refractivity contribution is 7.48. The zero-order chi connectivity index (χ0) is 16.9. The van der Waals surface area contributed by atoms with Crippen LogP contribution in [0.25, 0.3) is 6.08 Å². The first-order valence-corrected chi connectivity index (χ1v) is 9.20. The monoisotopic (exact) mass is 336 g/mol. The molecule has 0 fully saturated rings. The molecule has 23 heavy (non-hydrogen) atoms. The highest BCUT2D eigenvalue weighted by Crippen LogP contribution is 2.52. The third-order valence-corrected chi connectivity index (χ3v) is 5.61. The molecule has 1 atom stereocenters. The summed E-state index contributed by atoms with van der Waals surface area (Å²) in [6, 6.07) is 10.2. The molecule has 0 spiro atoms. The van der Waals surface area contributed by atoms with E-state index in [2.05, 4.69) is 38.1 Å². The zero-order valence-electron chi connectivity index (χ0n) is 14.2. The Labute approximate surface area is 138 Å². The molecule has 4 nitrogen and oxygen atoms in total. The van der Waals surface area contributed by atoms with E-state index in [0.29, 0.717) is 5.76 Å². The van der Waals surface area contributed by atoms with E-state index in [4.69, 9.17) is 13.6 Å². The molecular formula is C18H25O4P. The quantitative estimate of drug-likeness (QED) is 0.649. The van der Waals surface area contributed by atoms with Crippen LogP contribution in [0, 0.1) is 11.3 Å². The SMILES string of the molecule is COP(=O)(OC)OC1=CC(/C=C\c2ccccc2)C(C)(C)CC1. The van der Waals surface area contributed by atoms with E-state index in [9.17, 15) is 4.57 Å². The largest absolute Gasteiger partial charge is 0.529 e. The van der Waals surface area contributed by atoms with Crippen LogP contribution in [0.4, 0.5) is 0 Å². The van der Waals surface area contributed by atoms with Gasteiger partial charge in [0.15, 0.2) is 0 Å². The van der Waals surface area contributed by atoms with E-state index >= 15 is 0 Å². The van der Waals surface area contributed by atoms with Gasteiger partial charge in [-0.3, -0.25) is 9.05 Å². The van der Waals surface area contributed by atoms with Crippen LogP contribution in [-0.4, -0.2) is 14.2 Å². The van der Waals surface area contributed by atoms with Gasteiger partial charge in [-0.15, -0.1) is 0 Å². The maximum atomic E-state index is 12.1. The van der Waals surface area contributed by atoms with Gasteiger partial charge in [0, 0.05) is 26.6 Å². The van der Waals surface area contributed by atoms with E-state index in [1.165, 1.54) is 14.2 Å². The third kappa shape index (κ3) is 4.81. The molecule has 2 rings (SSSR count). The molecule has 126 valence electrons. The van der Waals surface area contributed by atoms with Crippen molar-refractivity contribution in [2.24, 2.45) is 11.3 Å². The van der Waals surface area contributed by atoms with Crippen LogP contribution in [0.5, 0.6) is 0 Å². The Morgan fingerprint density at radius 2 is 1.83 bits per heavy atom. The van der Waals surface area contributed by atoms with Gasteiger partial charge in [-0.05, 0) is 23.5 Å². The average molecular weight is 336 g/mol. The Morgan fingerprint density at radius 3 is 2.43 bits per heavy atom. The molecule has 0 N–H and O–H groups in total. The summed E-state index contributed by atoms with van der Waals surface area (Å²) in [5, 5.41) is 0. The summed E-state index contributed by atoms with van der Waals surface area (Å²) in [5.74, 6) is 0.854. The van der Waals surface area contributed by atoms with Crippen molar-refractivity contribution in [2.45, 2.75) is 26.7 Å². The molecule has 1 aromatic rings. The van der Waals surface area contributed by atoms with Gasteiger partial charge in [0.05, 0.1) is 0 Å². The van der Waals surface area contributed by atoms with Gasteiger partial charge >= 0.3 is 7.82 Å². The average Bonchev–Trinajstić information content (AvgIpc) is 2.56. The first kappa shape index (κ1) is 18.0. The first-order valence-electron chi connectivity index (χ1n) is 7.73. The summed E-state index contributed by atoms with van der Waals surface area (Å²) < 4.78 is 27.3. The minimum Gasteiger partial charge on any atom is -0.409 e. The van der Waals surface area contributed by atoms with E-state index in [1.54, 1.807) is 0 Å². The van der Waals surface area contributed by atoms with Crippen LogP contribution in [0.3, 0.4) is 0 Å². The van der Waals surface area contributed by atoms with E-state index in [-0.39, 0.29) is 11.3 Å². The lowest BCUT2D eigenvalue weighted by Gasteiger charge is -2.35. The van der Waals surface area contributed by atoms with Gasteiger partial charge in [0.2, 0.25) is 0 Å². The Morgan fingerprint density at radius 1 is 1.17 bits per heavy atom. The van der Waals surface area contributed by atoms with Crippen molar-refractivity contribution in [3.05, 3.63) is 53.8 Å². The summed E-state index contributed by atoms with van der Waals surface area (Å²) >= 11 is 0. The van der Waals surface area contributed by atoms with Gasteiger partial charge in [0.1, 0.15) is 5.76 Å². The van der Waals surface area contributed by atoms with Crippen LogP contribution in [-0.2, 0) is 18.1 Å². The van der Waals surface area contributed by atoms with Crippen molar-refractivity contribution in [1.82, 2.24) is 0 Å². The molecule has 0 radical (unpaired) electrons. The zero-order valence-corrected chi connectivity index (χ0v) is 15.1. The third-order valence-electron chi connectivity index (χ3n) is 4.26. The number of allylic oxidation sites excluding steroid dienone is 3. The fraction of sp³-hybridized carbons (Fsp3) is 0.444. The molecule has 1 aliphatic rings. The van der Waals surface area contributed by atoms with Crippen LogP contribution >= 0.6 is 7.82 Å².